The fraction of sp³-hybridized carbons (Fsp3) is 0.509. The molecule has 0 spiro atoms. The molecule has 3 aliphatic heterocycles. The van der Waals surface area contributed by atoms with Crippen LogP contribution in [0.15, 0.2) is 83.7 Å². The smallest absolute Gasteiger partial charge is 0.408 e. The lowest BCUT2D eigenvalue weighted by Gasteiger charge is -2.39. The van der Waals surface area contributed by atoms with Gasteiger partial charge in [0, 0.05) is 38.9 Å². The molecule has 1 aromatic heterocycles. The summed E-state index contributed by atoms with van der Waals surface area (Å²) in [5, 5.41) is 11.0. The Labute approximate surface area is 430 Å². The van der Waals surface area contributed by atoms with Crippen molar-refractivity contribution in [1.82, 2.24) is 40.2 Å². The molecule has 74 heavy (non-hydrogen) atoms. The number of aryl methyl sites for hydroxylation is 1. The number of primary amides is 1. The maximum absolute atomic E-state index is 14.8. The molecule has 6 N–H and O–H groups in total. The number of carbonyl (C=O) groups excluding carboxylic acids is 8. The molecule has 4 heterocycles. The first-order valence-corrected chi connectivity index (χ1v) is 26.0. The van der Waals surface area contributed by atoms with E-state index in [1.807, 2.05) is 78.9 Å². The van der Waals surface area contributed by atoms with E-state index in [0.29, 0.717) is 29.8 Å². The highest BCUT2D eigenvalue weighted by molar-refractivity contribution is 6.00. The van der Waals surface area contributed by atoms with Gasteiger partial charge in [-0.1, -0.05) is 66.7 Å². The molecule has 5 atom stereocenters. The summed E-state index contributed by atoms with van der Waals surface area (Å²) in [7, 11) is 1.68. The number of piperidine rings is 1. The summed E-state index contributed by atoms with van der Waals surface area (Å²) in [6.45, 7) is 5.25. The number of carbonyl (C=O) groups is 8. The predicted molar refractivity (Wildman–Crippen MR) is 274 cm³/mol. The van der Waals surface area contributed by atoms with E-state index in [9.17, 15) is 43.2 Å². The third-order valence-electron chi connectivity index (χ3n) is 15.0. The van der Waals surface area contributed by atoms with Crippen LogP contribution in [0.2, 0.25) is 0 Å². The predicted octanol–water partition coefficient (Wildman–Crippen LogP) is 4.20. The van der Waals surface area contributed by atoms with Crippen molar-refractivity contribution in [3.8, 4) is 0 Å². The molecule has 1 aliphatic carbocycles. The average molecular weight is 1020 g/mol. The van der Waals surface area contributed by atoms with Crippen LogP contribution in [-0.2, 0) is 51.8 Å². The lowest BCUT2D eigenvalue weighted by molar-refractivity contribution is -0.146. The van der Waals surface area contributed by atoms with Gasteiger partial charge in [0.15, 0.2) is 0 Å². The van der Waals surface area contributed by atoms with Gasteiger partial charge in [-0.05, 0) is 126 Å². The number of fused-ring (bicyclic) bond motifs is 2. The number of hydrogen-bond donors (Lipinski definition) is 5. The normalized spacial score (nSPS) is 22.8. The van der Waals surface area contributed by atoms with Gasteiger partial charge in [0.25, 0.3) is 0 Å². The van der Waals surface area contributed by atoms with Gasteiger partial charge in [-0.25, -0.2) is 9.59 Å². The number of nitrogens with two attached hydrogens (primary N) is 1. The summed E-state index contributed by atoms with van der Waals surface area (Å²) in [6.07, 6.45) is 4.87. The molecule has 3 aromatic carbocycles. The van der Waals surface area contributed by atoms with Crippen LogP contribution >= 0.6 is 0 Å². The summed E-state index contributed by atoms with van der Waals surface area (Å²) in [4.78, 5) is 124. The second kappa shape index (κ2) is 22.8. The highest BCUT2D eigenvalue weighted by atomic mass is 16.6. The van der Waals surface area contributed by atoms with Crippen molar-refractivity contribution in [2.24, 2.45) is 24.6 Å². The molecule has 8 rings (SSSR count). The van der Waals surface area contributed by atoms with Gasteiger partial charge < -0.3 is 36.2 Å². The van der Waals surface area contributed by atoms with Crippen LogP contribution in [0.5, 0.6) is 0 Å². The van der Waals surface area contributed by atoms with Crippen molar-refractivity contribution in [2.45, 2.75) is 146 Å². The number of benzene rings is 3. The van der Waals surface area contributed by atoms with Crippen molar-refractivity contribution in [2.75, 3.05) is 13.1 Å². The number of amides is 8. The molecule has 2 unspecified atom stereocenters. The van der Waals surface area contributed by atoms with E-state index in [-0.39, 0.29) is 75.0 Å². The number of nitrogens with zero attached hydrogens (tertiary/aromatic N) is 4. The number of ether oxygens (including phenoxy) is 1. The van der Waals surface area contributed by atoms with Crippen molar-refractivity contribution in [1.29, 1.82) is 0 Å². The number of imide groups is 1. The van der Waals surface area contributed by atoms with Gasteiger partial charge in [0.2, 0.25) is 41.4 Å². The SMILES string of the molecule is Cn1c(=O)n(C2CCC(=O)NC2=O)c2ccc(C[C@H]3CC[C@H](CC(=O)N4CC[C@H]5CC[C@@H](C(=O)NC(CCC(N)=O)C(=O)NC(c6ccccc6)c6ccccc6)N5C(=O)[C@@H](NC(=O)OC(C)(C)C)C4)CC3)cc21. The largest absolute Gasteiger partial charge is 0.444 e. The van der Waals surface area contributed by atoms with E-state index < -0.39 is 77.5 Å². The summed E-state index contributed by atoms with van der Waals surface area (Å²) in [5.74, 6) is -2.81. The van der Waals surface area contributed by atoms with E-state index in [4.69, 9.17) is 10.5 Å². The molecular formula is C55H69N9O10. The molecule has 1 saturated carbocycles. The first kappa shape index (κ1) is 53.0. The Morgan fingerprint density at radius 2 is 1.46 bits per heavy atom. The minimum absolute atomic E-state index is 0.0842. The third-order valence-corrected chi connectivity index (χ3v) is 15.0. The monoisotopic (exact) mass is 1020 g/mol. The number of alkyl carbamates (subject to hydrolysis) is 1. The first-order chi connectivity index (χ1) is 35.3. The van der Waals surface area contributed by atoms with Crippen LogP contribution in [0.4, 0.5) is 4.79 Å². The van der Waals surface area contributed by atoms with Crippen LogP contribution in [0.25, 0.3) is 11.0 Å². The van der Waals surface area contributed by atoms with Crippen molar-refractivity contribution >= 4 is 58.5 Å². The molecule has 3 saturated heterocycles. The summed E-state index contributed by atoms with van der Waals surface area (Å²) in [6, 6.07) is 19.4. The highest BCUT2D eigenvalue weighted by Crippen LogP contribution is 2.35. The van der Waals surface area contributed by atoms with E-state index in [1.165, 1.54) is 9.47 Å². The molecule has 4 aliphatic rings. The fourth-order valence-electron chi connectivity index (χ4n) is 11.2. The Morgan fingerprint density at radius 3 is 2.09 bits per heavy atom. The lowest BCUT2D eigenvalue weighted by atomic mass is 9.78. The molecule has 394 valence electrons. The zero-order chi connectivity index (χ0) is 52.8. The molecule has 19 nitrogen and oxygen atoms in total. The number of hydrogen-bond acceptors (Lipinski definition) is 10. The second-order valence-electron chi connectivity index (χ2n) is 21.4. The second-order valence-corrected chi connectivity index (χ2v) is 21.4. The van der Waals surface area contributed by atoms with Gasteiger partial charge in [0.05, 0.1) is 23.6 Å². The lowest BCUT2D eigenvalue weighted by Crippen LogP contribution is -2.62. The minimum Gasteiger partial charge on any atom is -0.444 e. The van der Waals surface area contributed by atoms with Crippen LogP contribution in [0, 0.1) is 11.8 Å². The molecule has 4 fully saturated rings. The maximum Gasteiger partial charge on any atom is 0.408 e. The average Bonchev–Trinajstić information content (AvgIpc) is 3.89. The molecule has 0 radical (unpaired) electrons. The Bertz CT molecular complexity index is 2780. The quantitative estimate of drug-likeness (QED) is 0.106. The standard InChI is InChI=1S/C55H69N9O10/c1-55(2,3)74-53(72)58-40-32-62(47(67)31-34-17-15-33(16-18-34)29-35-19-22-41-44(30-35)61(4)54(73)64(41)43-24-26-46(66)59-51(43)70)28-27-38-20-23-42(63(38)52(40)71)50(69)57-39(21-25-45(56)65)49(68)60-48(36-11-7-5-8-12-36)37-13-9-6-10-14-37/h5-14,19,22,30,33-34,38-40,42-43,48H,15-18,20-21,23-29,31-32H2,1-4H3,(H2,56,65)(H,57,69)(H,58,72)(H,60,68)(H,59,66,70)/t33-,34-,38-,39?,40+,42+,43?/m1/s1. The third kappa shape index (κ3) is 12.5. The summed E-state index contributed by atoms with van der Waals surface area (Å²) >= 11 is 0. The number of rotatable bonds is 15. The van der Waals surface area contributed by atoms with E-state index in [2.05, 4.69) is 21.3 Å². The van der Waals surface area contributed by atoms with E-state index in [1.54, 1.807) is 37.3 Å². The Hall–Kier alpha value is -7.31. The van der Waals surface area contributed by atoms with E-state index >= 15 is 0 Å². The maximum atomic E-state index is 14.8. The zero-order valence-corrected chi connectivity index (χ0v) is 42.7. The van der Waals surface area contributed by atoms with Crippen molar-refractivity contribution in [3.63, 3.8) is 0 Å². The molecule has 8 amide bonds. The first-order valence-electron chi connectivity index (χ1n) is 26.0. The topological polar surface area (TPSA) is 253 Å². The molecule has 0 bridgehead atoms. The zero-order valence-electron chi connectivity index (χ0n) is 42.7. The Kier molecular flexibility index (Phi) is 16.4. The Balaban J connectivity index is 0.918. The molecule has 19 heteroatoms. The summed E-state index contributed by atoms with van der Waals surface area (Å²) < 4.78 is 8.59. The van der Waals surface area contributed by atoms with Crippen molar-refractivity contribution < 1.29 is 43.1 Å². The van der Waals surface area contributed by atoms with Gasteiger partial charge in [-0.15, -0.1) is 0 Å². The minimum atomic E-state index is -1.25. The number of aromatic nitrogens is 2. The summed E-state index contributed by atoms with van der Waals surface area (Å²) in [5.41, 5.74) is 8.36. The van der Waals surface area contributed by atoms with Gasteiger partial charge in [0.1, 0.15) is 29.8 Å². The van der Waals surface area contributed by atoms with Gasteiger partial charge in [-0.3, -0.25) is 48.0 Å². The molecular weight excluding hydrogens is 947 g/mol. The molecule has 4 aromatic rings. The van der Waals surface area contributed by atoms with Crippen molar-refractivity contribution in [3.05, 3.63) is 106 Å². The van der Waals surface area contributed by atoms with E-state index in [0.717, 1.165) is 48.8 Å². The number of imidazole rings is 1. The van der Waals surface area contributed by atoms with Crippen LogP contribution in [0.1, 0.15) is 127 Å². The van der Waals surface area contributed by atoms with Crippen LogP contribution in [0.3, 0.4) is 0 Å². The Morgan fingerprint density at radius 1 is 0.797 bits per heavy atom. The van der Waals surface area contributed by atoms with Crippen LogP contribution in [-0.4, -0.2) is 109 Å². The van der Waals surface area contributed by atoms with Gasteiger partial charge >= 0.3 is 11.8 Å². The number of nitrogens with one attached hydrogen (secondary N) is 4. The van der Waals surface area contributed by atoms with Crippen LogP contribution < -0.4 is 32.7 Å². The van der Waals surface area contributed by atoms with Gasteiger partial charge in [-0.2, -0.15) is 0 Å². The fourth-order valence-corrected chi connectivity index (χ4v) is 11.2. The highest BCUT2D eigenvalue weighted by Gasteiger charge is 2.46.